The van der Waals surface area contributed by atoms with Crippen molar-refractivity contribution in [3.63, 3.8) is 0 Å². The molecule has 1 aromatic rings. The van der Waals surface area contributed by atoms with Crippen LogP contribution in [-0.2, 0) is 9.53 Å². The summed E-state index contributed by atoms with van der Waals surface area (Å²) in [5, 5.41) is 4.76. The zero-order chi connectivity index (χ0) is 19.1. The maximum absolute atomic E-state index is 12.4. The van der Waals surface area contributed by atoms with Crippen molar-refractivity contribution in [3.05, 3.63) is 29.8 Å². The predicted molar refractivity (Wildman–Crippen MR) is 86.9 cm³/mol. The summed E-state index contributed by atoms with van der Waals surface area (Å²) in [6.07, 6.45) is 2.46. The van der Waals surface area contributed by atoms with Gasteiger partial charge in [0.05, 0.1) is 0 Å². The van der Waals surface area contributed by atoms with Crippen molar-refractivity contribution in [1.29, 1.82) is 0 Å². The minimum atomic E-state index is -3.11. The Kier molecular flexibility index (Phi) is 6.88. The molecule has 0 unspecified atom stereocenters. The molecule has 1 fully saturated rings. The summed E-state index contributed by atoms with van der Waals surface area (Å²) < 4.78 is 33.9. The lowest BCUT2D eigenvalue weighted by atomic mass is 10.2. The number of hydrogen-bond donors (Lipinski definition) is 2. The van der Waals surface area contributed by atoms with Crippen molar-refractivity contribution >= 4 is 17.9 Å². The molecule has 142 valence electrons. The van der Waals surface area contributed by atoms with E-state index in [0.717, 1.165) is 25.7 Å². The van der Waals surface area contributed by atoms with Gasteiger partial charge in [-0.25, -0.2) is 9.59 Å². The SMILES string of the molecule is C[C@@H](OC(=O)c1ccccc1OC(F)F)C(=O)NC(=O)NC1CCCC1. The number of rotatable bonds is 6. The first-order valence-corrected chi connectivity index (χ1v) is 8.23. The predicted octanol–water partition coefficient (Wildman–Crippen LogP) is 2.60. The van der Waals surface area contributed by atoms with Crippen molar-refractivity contribution in [2.75, 3.05) is 0 Å². The summed E-state index contributed by atoms with van der Waals surface area (Å²) in [4.78, 5) is 35.8. The molecule has 1 aliphatic carbocycles. The van der Waals surface area contributed by atoms with E-state index in [1.165, 1.54) is 31.2 Å². The molecule has 9 heteroatoms. The number of para-hydroxylation sites is 1. The van der Waals surface area contributed by atoms with Crippen molar-refractivity contribution < 1.29 is 32.6 Å². The highest BCUT2D eigenvalue weighted by Gasteiger charge is 2.24. The summed E-state index contributed by atoms with van der Waals surface area (Å²) in [6.45, 7) is -1.84. The minimum Gasteiger partial charge on any atom is -0.449 e. The Balaban J connectivity index is 1.89. The Morgan fingerprint density at radius 2 is 1.81 bits per heavy atom. The first-order valence-electron chi connectivity index (χ1n) is 8.23. The van der Waals surface area contributed by atoms with Crippen LogP contribution in [0.25, 0.3) is 0 Å². The van der Waals surface area contributed by atoms with Gasteiger partial charge in [0.15, 0.2) is 6.10 Å². The van der Waals surface area contributed by atoms with E-state index < -0.39 is 30.6 Å². The number of ether oxygens (including phenoxy) is 2. The molecule has 1 aromatic carbocycles. The average molecular weight is 370 g/mol. The van der Waals surface area contributed by atoms with Crippen LogP contribution in [0.15, 0.2) is 24.3 Å². The molecule has 0 bridgehead atoms. The van der Waals surface area contributed by atoms with Crippen LogP contribution in [0.2, 0.25) is 0 Å². The highest BCUT2D eigenvalue weighted by molar-refractivity contribution is 5.99. The Morgan fingerprint density at radius 3 is 2.46 bits per heavy atom. The highest BCUT2D eigenvalue weighted by atomic mass is 19.3. The summed E-state index contributed by atoms with van der Waals surface area (Å²) >= 11 is 0. The third kappa shape index (κ3) is 5.68. The summed E-state index contributed by atoms with van der Waals surface area (Å²) in [6, 6.07) is 4.64. The van der Waals surface area contributed by atoms with Gasteiger partial charge in [-0.15, -0.1) is 0 Å². The van der Waals surface area contributed by atoms with Gasteiger partial charge < -0.3 is 14.8 Å². The van der Waals surface area contributed by atoms with Crippen LogP contribution in [0.1, 0.15) is 43.0 Å². The van der Waals surface area contributed by atoms with E-state index in [0.29, 0.717) is 0 Å². The molecule has 0 aromatic heterocycles. The number of benzene rings is 1. The molecule has 7 nitrogen and oxygen atoms in total. The zero-order valence-electron chi connectivity index (χ0n) is 14.2. The van der Waals surface area contributed by atoms with Gasteiger partial charge in [-0.1, -0.05) is 25.0 Å². The fourth-order valence-corrected chi connectivity index (χ4v) is 2.62. The van der Waals surface area contributed by atoms with Crippen molar-refractivity contribution in [1.82, 2.24) is 10.6 Å². The quantitative estimate of drug-likeness (QED) is 0.751. The number of halogens is 2. The molecular weight excluding hydrogens is 350 g/mol. The number of nitrogens with one attached hydrogen (secondary N) is 2. The number of esters is 1. The van der Waals surface area contributed by atoms with E-state index in [9.17, 15) is 23.2 Å². The van der Waals surface area contributed by atoms with Gasteiger partial charge in [-0.2, -0.15) is 8.78 Å². The standard InChI is InChI=1S/C17H20F2N2O5/c1-10(14(22)21-17(24)20-11-6-2-3-7-11)25-15(23)12-8-4-5-9-13(12)26-16(18)19/h4-5,8-11,16H,2-3,6-7H2,1H3,(H2,20,21,22,24)/t10-/m1/s1. The van der Waals surface area contributed by atoms with Gasteiger partial charge in [0.1, 0.15) is 11.3 Å². The first kappa shape index (κ1) is 19.6. The van der Waals surface area contributed by atoms with Gasteiger partial charge in [0.25, 0.3) is 5.91 Å². The first-order chi connectivity index (χ1) is 12.4. The van der Waals surface area contributed by atoms with Crippen molar-refractivity contribution in [2.45, 2.75) is 51.4 Å². The van der Waals surface area contributed by atoms with Crippen LogP contribution in [0, 0.1) is 0 Å². The fraction of sp³-hybridized carbons (Fsp3) is 0.471. The number of amides is 3. The number of imide groups is 1. The lowest BCUT2D eigenvalue weighted by Gasteiger charge is -2.16. The maximum atomic E-state index is 12.4. The van der Waals surface area contributed by atoms with E-state index in [4.69, 9.17) is 4.74 Å². The molecule has 0 saturated heterocycles. The Bertz CT molecular complexity index is 662. The largest absolute Gasteiger partial charge is 0.449 e. The van der Waals surface area contributed by atoms with E-state index in [1.807, 2.05) is 0 Å². The smallest absolute Gasteiger partial charge is 0.387 e. The number of carbonyl (C=O) groups is 3. The highest BCUT2D eigenvalue weighted by Crippen LogP contribution is 2.21. The van der Waals surface area contributed by atoms with Crippen molar-refractivity contribution in [2.24, 2.45) is 0 Å². The van der Waals surface area contributed by atoms with Gasteiger partial charge in [0, 0.05) is 6.04 Å². The van der Waals surface area contributed by atoms with Crippen LogP contribution >= 0.6 is 0 Å². The van der Waals surface area contributed by atoms with Gasteiger partial charge in [-0.05, 0) is 31.9 Å². The van der Waals surface area contributed by atoms with Crippen LogP contribution in [-0.4, -0.2) is 36.7 Å². The van der Waals surface area contributed by atoms with Crippen LogP contribution in [0.3, 0.4) is 0 Å². The number of urea groups is 1. The lowest BCUT2D eigenvalue weighted by molar-refractivity contribution is -0.128. The molecule has 1 atom stereocenters. The van der Waals surface area contributed by atoms with Gasteiger partial charge >= 0.3 is 18.6 Å². The molecule has 26 heavy (non-hydrogen) atoms. The second kappa shape index (κ2) is 9.12. The minimum absolute atomic E-state index is 0.0269. The summed E-state index contributed by atoms with van der Waals surface area (Å²) in [7, 11) is 0. The topological polar surface area (TPSA) is 93.7 Å². The molecule has 1 aliphatic rings. The second-order valence-corrected chi connectivity index (χ2v) is 5.87. The summed E-state index contributed by atoms with van der Waals surface area (Å²) in [5.74, 6) is -2.19. The molecular formula is C17H20F2N2O5. The van der Waals surface area contributed by atoms with Crippen LogP contribution in [0.4, 0.5) is 13.6 Å². The number of alkyl halides is 2. The van der Waals surface area contributed by atoms with Crippen LogP contribution < -0.4 is 15.4 Å². The number of hydrogen-bond acceptors (Lipinski definition) is 5. The fourth-order valence-electron chi connectivity index (χ4n) is 2.62. The Morgan fingerprint density at radius 1 is 1.15 bits per heavy atom. The molecule has 0 heterocycles. The maximum Gasteiger partial charge on any atom is 0.387 e. The molecule has 2 rings (SSSR count). The van der Waals surface area contributed by atoms with Gasteiger partial charge in [-0.3, -0.25) is 10.1 Å². The van der Waals surface area contributed by atoms with E-state index >= 15 is 0 Å². The Labute approximate surface area is 149 Å². The zero-order valence-corrected chi connectivity index (χ0v) is 14.2. The third-order valence-corrected chi connectivity index (χ3v) is 3.90. The normalized spacial score (nSPS) is 15.4. The number of carbonyl (C=O) groups excluding carboxylic acids is 3. The second-order valence-electron chi connectivity index (χ2n) is 5.87. The molecule has 0 radical (unpaired) electrons. The summed E-state index contributed by atoms with van der Waals surface area (Å²) in [5.41, 5.74) is -0.247. The molecule has 0 spiro atoms. The van der Waals surface area contributed by atoms with E-state index in [-0.39, 0.29) is 17.4 Å². The molecule has 1 saturated carbocycles. The monoisotopic (exact) mass is 370 g/mol. The molecule has 2 N–H and O–H groups in total. The van der Waals surface area contributed by atoms with E-state index in [2.05, 4.69) is 15.4 Å². The molecule has 0 aliphatic heterocycles. The third-order valence-electron chi connectivity index (χ3n) is 3.90. The lowest BCUT2D eigenvalue weighted by Crippen LogP contribution is -2.47. The van der Waals surface area contributed by atoms with Crippen molar-refractivity contribution in [3.8, 4) is 5.75 Å². The van der Waals surface area contributed by atoms with E-state index in [1.54, 1.807) is 0 Å². The van der Waals surface area contributed by atoms with Crippen LogP contribution in [0.5, 0.6) is 5.75 Å². The van der Waals surface area contributed by atoms with Gasteiger partial charge in [0.2, 0.25) is 0 Å². The molecule has 3 amide bonds. The average Bonchev–Trinajstić information content (AvgIpc) is 3.07. The Hall–Kier alpha value is -2.71.